The fourth-order valence-electron chi connectivity index (χ4n) is 3.09. The Morgan fingerprint density at radius 2 is 1.82 bits per heavy atom. The fraction of sp³-hybridized carbons (Fsp3) is 0.227. The summed E-state index contributed by atoms with van der Waals surface area (Å²) in [5, 5.41) is 4.18. The van der Waals surface area contributed by atoms with Crippen LogP contribution in [0.4, 0.5) is 4.39 Å². The number of amides is 1. The largest absolute Gasteiger partial charge is 0.336 e. The third-order valence-electron chi connectivity index (χ3n) is 4.64. The molecule has 0 atom stereocenters. The quantitative estimate of drug-likeness (QED) is 0.696. The molecule has 144 valence electrons. The summed E-state index contributed by atoms with van der Waals surface area (Å²) in [6.45, 7) is 5.98. The van der Waals surface area contributed by atoms with Gasteiger partial charge in [0.25, 0.3) is 5.91 Å². The number of rotatable bonds is 4. The van der Waals surface area contributed by atoms with Crippen molar-refractivity contribution in [2.45, 2.75) is 27.3 Å². The topological polar surface area (TPSA) is 55.2 Å². The van der Waals surface area contributed by atoms with Crippen LogP contribution in [0.25, 0.3) is 5.69 Å². The highest BCUT2D eigenvalue weighted by molar-refractivity contribution is 5.91. The molecule has 0 unspecified atom stereocenters. The molecule has 3 rings (SSSR count). The van der Waals surface area contributed by atoms with E-state index in [0.29, 0.717) is 12.2 Å². The lowest BCUT2D eigenvalue weighted by molar-refractivity contribution is 0.0775. The zero-order valence-electron chi connectivity index (χ0n) is 16.4. The average Bonchev–Trinajstić information content (AvgIpc) is 2.64. The smallest absolute Gasteiger partial charge is 0.278 e. The molecule has 0 saturated carbocycles. The van der Waals surface area contributed by atoms with Crippen LogP contribution in [-0.2, 0) is 6.54 Å². The summed E-state index contributed by atoms with van der Waals surface area (Å²) in [4.78, 5) is 26.7. The van der Waals surface area contributed by atoms with E-state index in [9.17, 15) is 14.0 Å². The molecular weight excluding hydrogens is 357 g/mol. The minimum absolute atomic E-state index is 0.186. The number of benzene rings is 2. The molecule has 0 aliphatic heterocycles. The number of aromatic nitrogens is 2. The molecule has 28 heavy (non-hydrogen) atoms. The van der Waals surface area contributed by atoms with E-state index in [1.54, 1.807) is 32.2 Å². The van der Waals surface area contributed by atoms with Gasteiger partial charge in [0.1, 0.15) is 11.5 Å². The van der Waals surface area contributed by atoms with Gasteiger partial charge in [0.2, 0.25) is 5.43 Å². The minimum atomic E-state index is -0.505. The maximum absolute atomic E-state index is 14.2. The van der Waals surface area contributed by atoms with Crippen LogP contribution in [-0.4, -0.2) is 27.6 Å². The van der Waals surface area contributed by atoms with Gasteiger partial charge in [-0.05, 0) is 44.0 Å². The summed E-state index contributed by atoms with van der Waals surface area (Å²) in [6.07, 6.45) is 0. The van der Waals surface area contributed by atoms with Gasteiger partial charge in [-0.3, -0.25) is 9.59 Å². The number of para-hydroxylation sites is 1. The zero-order valence-corrected chi connectivity index (χ0v) is 16.4. The molecule has 2 aromatic carbocycles. The van der Waals surface area contributed by atoms with Crippen LogP contribution in [0, 0.1) is 26.6 Å². The minimum Gasteiger partial charge on any atom is -0.336 e. The van der Waals surface area contributed by atoms with E-state index in [1.165, 1.54) is 21.7 Å². The SMILES string of the molecule is Cc1ccc(CN(C)C(=O)c2nn(-c3ccccc3F)c(C)cc2=O)c(C)c1. The normalized spacial score (nSPS) is 10.8. The molecule has 1 aromatic heterocycles. The zero-order chi connectivity index (χ0) is 20.4. The van der Waals surface area contributed by atoms with E-state index in [-0.39, 0.29) is 11.4 Å². The Morgan fingerprint density at radius 1 is 1.11 bits per heavy atom. The summed E-state index contributed by atoms with van der Waals surface area (Å²) in [5.41, 5.74) is 3.12. The number of aryl methyl sites for hydroxylation is 3. The molecule has 0 fully saturated rings. The van der Waals surface area contributed by atoms with Crippen molar-refractivity contribution in [2.75, 3.05) is 7.05 Å². The van der Waals surface area contributed by atoms with Gasteiger partial charge >= 0.3 is 0 Å². The average molecular weight is 379 g/mol. The molecule has 0 radical (unpaired) electrons. The molecular formula is C22H22FN3O2. The van der Waals surface area contributed by atoms with Gasteiger partial charge in [-0.25, -0.2) is 9.07 Å². The van der Waals surface area contributed by atoms with Crippen molar-refractivity contribution >= 4 is 5.91 Å². The lowest BCUT2D eigenvalue weighted by Gasteiger charge is -2.19. The molecule has 5 nitrogen and oxygen atoms in total. The Labute approximate surface area is 163 Å². The van der Waals surface area contributed by atoms with Gasteiger partial charge < -0.3 is 4.90 Å². The van der Waals surface area contributed by atoms with Crippen molar-refractivity contribution in [3.8, 4) is 5.69 Å². The van der Waals surface area contributed by atoms with Crippen molar-refractivity contribution in [1.29, 1.82) is 0 Å². The summed E-state index contributed by atoms with van der Waals surface area (Å²) >= 11 is 0. The molecule has 0 saturated heterocycles. The maximum Gasteiger partial charge on any atom is 0.278 e. The van der Waals surface area contributed by atoms with Gasteiger partial charge in [0, 0.05) is 25.4 Å². The Bertz CT molecular complexity index is 1110. The van der Waals surface area contributed by atoms with Crippen molar-refractivity contribution in [1.82, 2.24) is 14.7 Å². The van der Waals surface area contributed by atoms with Crippen LogP contribution in [0.3, 0.4) is 0 Å². The molecule has 0 aliphatic rings. The van der Waals surface area contributed by atoms with Crippen LogP contribution in [0.5, 0.6) is 0 Å². The maximum atomic E-state index is 14.2. The highest BCUT2D eigenvalue weighted by Crippen LogP contribution is 2.15. The van der Waals surface area contributed by atoms with E-state index in [1.807, 2.05) is 32.0 Å². The Balaban J connectivity index is 1.96. The first kappa shape index (κ1) is 19.5. The Hall–Kier alpha value is -3.28. The molecule has 1 amide bonds. The summed E-state index contributed by atoms with van der Waals surface area (Å²) in [6, 6.07) is 13.4. The number of hydrogen-bond acceptors (Lipinski definition) is 3. The van der Waals surface area contributed by atoms with Crippen LogP contribution >= 0.6 is 0 Å². The fourth-order valence-corrected chi connectivity index (χ4v) is 3.09. The first-order valence-corrected chi connectivity index (χ1v) is 8.95. The molecule has 1 heterocycles. The number of carbonyl (C=O) groups excluding carboxylic acids is 1. The summed E-state index contributed by atoms with van der Waals surface area (Å²) < 4.78 is 15.5. The molecule has 6 heteroatoms. The second-order valence-corrected chi connectivity index (χ2v) is 6.95. The highest BCUT2D eigenvalue weighted by atomic mass is 19.1. The van der Waals surface area contributed by atoms with Crippen LogP contribution in [0.1, 0.15) is 32.9 Å². The number of hydrogen-bond donors (Lipinski definition) is 0. The number of carbonyl (C=O) groups is 1. The standard InChI is InChI=1S/C22H22FN3O2/c1-14-9-10-17(15(2)11-14)13-25(4)22(28)21-20(27)12-16(3)26(24-21)19-8-6-5-7-18(19)23/h5-12H,13H2,1-4H3. The highest BCUT2D eigenvalue weighted by Gasteiger charge is 2.20. The summed E-state index contributed by atoms with van der Waals surface area (Å²) in [5.74, 6) is -0.987. The molecule has 0 bridgehead atoms. The molecule has 0 aliphatic carbocycles. The van der Waals surface area contributed by atoms with E-state index >= 15 is 0 Å². The van der Waals surface area contributed by atoms with E-state index < -0.39 is 17.2 Å². The van der Waals surface area contributed by atoms with Crippen molar-refractivity contribution in [2.24, 2.45) is 0 Å². The number of halogens is 1. The lowest BCUT2D eigenvalue weighted by Crippen LogP contribution is -2.33. The predicted octanol–water partition coefficient (Wildman–Crippen LogP) is 3.57. The van der Waals surface area contributed by atoms with Gasteiger partial charge in [0.05, 0.1) is 0 Å². The van der Waals surface area contributed by atoms with E-state index in [4.69, 9.17) is 0 Å². The summed E-state index contributed by atoms with van der Waals surface area (Å²) in [7, 11) is 1.62. The monoisotopic (exact) mass is 379 g/mol. The van der Waals surface area contributed by atoms with E-state index in [2.05, 4.69) is 5.10 Å². The van der Waals surface area contributed by atoms with Crippen LogP contribution < -0.4 is 5.43 Å². The third kappa shape index (κ3) is 3.86. The first-order valence-electron chi connectivity index (χ1n) is 8.95. The third-order valence-corrected chi connectivity index (χ3v) is 4.64. The molecule has 0 N–H and O–H groups in total. The molecule has 3 aromatic rings. The van der Waals surface area contributed by atoms with Crippen molar-refractivity contribution in [3.05, 3.63) is 92.6 Å². The Kier molecular flexibility index (Phi) is 5.40. The second-order valence-electron chi connectivity index (χ2n) is 6.95. The molecule has 0 spiro atoms. The van der Waals surface area contributed by atoms with Gasteiger partial charge in [-0.15, -0.1) is 0 Å². The first-order chi connectivity index (χ1) is 13.3. The van der Waals surface area contributed by atoms with Gasteiger partial charge in [-0.2, -0.15) is 5.10 Å². The second kappa shape index (κ2) is 7.76. The van der Waals surface area contributed by atoms with Gasteiger partial charge in [-0.1, -0.05) is 35.9 Å². The van der Waals surface area contributed by atoms with Crippen molar-refractivity contribution in [3.63, 3.8) is 0 Å². The predicted molar refractivity (Wildman–Crippen MR) is 106 cm³/mol. The Morgan fingerprint density at radius 3 is 2.50 bits per heavy atom. The van der Waals surface area contributed by atoms with Crippen molar-refractivity contribution < 1.29 is 9.18 Å². The van der Waals surface area contributed by atoms with Gasteiger partial charge in [0.15, 0.2) is 5.69 Å². The van der Waals surface area contributed by atoms with E-state index in [0.717, 1.165) is 16.7 Å². The van der Waals surface area contributed by atoms with Crippen LogP contribution in [0.2, 0.25) is 0 Å². The number of nitrogens with zero attached hydrogens (tertiary/aromatic N) is 3. The lowest BCUT2D eigenvalue weighted by atomic mass is 10.1. The van der Waals surface area contributed by atoms with Crippen LogP contribution in [0.15, 0.2) is 53.3 Å².